The van der Waals surface area contributed by atoms with E-state index in [4.69, 9.17) is 9.47 Å². The summed E-state index contributed by atoms with van der Waals surface area (Å²) in [6.45, 7) is 0.358. The molecule has 0 spiro atoms. The Balaban J connectivity index is 1.28. The first kappa shape index (κ1) is 12.2. The van der Waals surface area contributed by atoms with E-state index < -0.39 is 0 Å². The van der Waals surface area contributed by atoms with Crippen LogP contribution in [-0.2, 0) is 14.3 Å². The Morgan fingerprint density at radius 2 is 2.10 bits per heavy atom. The van der Waals surface area contributed by atoms with Gasteiger partial charge in [0.05, 0.1) is 18.1 Å². The molecule has 3 heteroatoms. The summed E-state index contributed by atoms with van der Waals surface area (Å²) in [7, 11) is 0. The lowest BCUT2D eigenvalue weighted by Gasteiger charge is -2.17. The van der Waals surface area contributed by atoms with Crippen LogP contribution in [0.15, 0.2) is 36.4 Å². The number of rotatable bonds is 4. The fourth-order valence-electron chi connectivity index (χ4n) is 3.86. The van der Waals surface area contributed by atoms with Crippen molar-refractivity contribution in [3.63, 3.8) is 0 Å². The zero-order chi connectivity index (χ0) is 13.5. The van der Waals surface area contributed by atoms with Gasteiger partial charge < -0.3 is 9.47 Å². The summed E-state index contributed by atoms with van der Waals surface area (Å²) < 4.78 is 11.0. The molecule has 0 N–H and O–H groups in total. The van der Waals surface area contributed by atoms with Gasteiger partial charge >= 0.3 is 5.97 Å². The molecule has 3 nitrogen and oxygen atoms in total. The average molecular weight is 270 g/mol. The van der Waals surface area contributed by atoms with Gasteiger partial charge in [0.15, 0.2) is 0 Å². The van der Waals surface area contributed by atoms with Crippen molar-refractivity contribution < 1.29 is 14.3 Å². The van der Waals surface area contributed by atoms with Crippen LogP contribution in [0.5, 0.6) is 0 Å². The van der Waals surface area contributed by atoms with Crippen LogP contribution in [0.25, 0.3) is 6.08 Å². The first-order chi connectivity index (χ1) is 9.83. The van der Waals surface area contributed by atoms with Crippen molar-refractivity contribution in [1.29, 1.82) is 0 Å². The molecule has 2 saturated carbocycles. The highest BCUT2D eigenvalue weighted by Gasteiger charge is 2.64. The lowest BCUT2D eigenvalue weighted by Crippen LogP contribution is -2.27. The highest BCUT2D eigenvalue weighted by Crippen LogP contribution is 2.58. The minimum atomic E-state index is -0.0378. The summed E-state index contributed by atoms with van der Waals surface area (Å²) in [5, 5.41) is 0. The summed E-state index contributed by atoms with van der Waals surface area (Å²) in [4.78, 5) is 12.1. The van der Waals surface area contributed by atoms with Crippen LogP contribution < -0.4 is 0 Å². The van der Waals surface area contributed by atoms with Crippen molar-refractivity contribution in [3.05, 3.63) is 42.0 Å². The third kappa shape index (κ3) is 2.06. The number of fused-ring (bicyclic) bond motifs is 5. The van der Waals surface area contributed by atoms with Gasteiger partial charge in [-0.1, -0.05) is 36.4 Å². The van der Waals surface area contributed by atoms with Crippen molar-refractivity contribution >= 4 is 12.0 Å². The monoisotopic (exact) mass is 270 g/mol. The van der Waals surface area contributed by atoms with Crippen LogP contribution in [0.3, 0.4) is 0 Å². The highest BCUT2D eigenvalue weighted by molar-refractivity contribution is 5.74. The van der Waals surface area contributed by atoms with E-state index in [1.807, 2.05) is 42.5 Å². The maximum Gasteiger partial charge on any atom is 0.309 e. The van der Waals surface area contributed by atoms with Crippen LogP contribution >= 0.6 is 0 Å². The Hall–Kier alpha value is -1.61. The minimum Gasteiger partial charge on any atom is -0.461 e. The maximum absolute atomic E-state index is 12.1. The Bertz CT molecular complexity index is 536. The van der Waals surface area contributed by atoms with Crippen LogP contribution in [-0.4, -0.2) is 24.8 Å². The van der Waals surface area contributed by atoms with E-state index >= 15 is 0 Å². The molecule has 2 bridgehead atoms. The fraction of sp³-hybridized carbons (Fsp3) is 0.471. The van der Waals surface area contributed by atoms with Crippen molar-refractivity contribution in [2.75, 3.05) is 6.61 Å². The summed E-state index contributed by atoms with van der Waals surface area (Å²) in [5.41, 5.74) is 1.12. The minimum absolute atomic E-state index is 0.0378. The second-order valence-corrected chi connectivity index (χ2v) is 6.01. The summed E-state index contributed by atoms with van der Waals surface area (Å²) >= 11 is 0. The van der Waals surface area contributed by atoms with Crippen LogP contribution in [0.1, 0.15) is 18.4 Å². The van der Waals surface area contributed by atoms with Gasteiger partial charge in [-0.2, -0.15) is 0 Å². The number of ether oxygens (including phenoxy) is 2. The summed E-state index contributed by atoms with van der Waals surface area (Å²) in [5.74, 6) is 1.08. The van der Waals surface area contributed by atoms with Gasteiger partial charge in [0.25, 0.3) is 0 Å². The smallest absolute Gasteiger partial charge is 0.309 e. The zero-order valence-electron chi connectivity index (χ0n) is 11.3. The number of hydrogen-bond donors (Lipinski definition) is 0. The summed E-state index contributed by atoms with van der Waals surface area (Å²) in [6, 6.07) is 10.0. The number of carbonyl (C=O) groups excluding carboxylic acids is 1. The van der Waals surface area contributed by atoms with E-state index in [2.05, 4.69) is 0 Å². The van der Waals surface area contributed by atoms with Gasteiger partial charge in [0.2, 0.25) is 0 Å². The maximum atomic E-state index is 12.1. The molecule has 1 aromatic carbocycles. The van der Waals surface area contributed by atoms with Crippen molar-refractivity contribution in [1.82, 2.24) is 0 Å². The second kappa shape index (κ2) is 4.74. The molecule has 20 heavy (non-hydrogen) atoms. The Morgan fingerprint density at radius 1 is 1.25 bits per heavy atom. The Kier molecular flexibility index (Phi) is 2.88. The average Bonchev–Trinajstić information content (AvgIpc) is 3.09. The Morgan fingerprint density at radius 3 is 2.85 bits per heavy atom. The second-order valence-electron chi connectivity index (χ2n) is 6.01. The van der Waals surface area contributed by atoms with Gasteiger partial charge in [-0.05, 0) is 30.4 Å². The van der Waals surface area contributed by atoms with Crippen molar-refractivity contribution in [2.45, 2.75) is 25.0 Å². The molecule has 3 fully saturated rings. The van der Waals surface area contributed by atoms with E-state index in [1.54, 1.807) is 0 Å². The molecule has 1 saturated heterocycles. The van der Waals surface area contributed by atoms with Crippen molar-refractivity contribution in [2.24, 2.45) is 17.8 Å². The third-order valence-electron chi connectivity index (χ3n) is 4.83. The van der Waals surface area contributed by atoms with Gasteiger partial charge in [-0.3, -0.25) is 4.79 Å². The van der Waals surface area contributed by atoms with E-state index in [1.165, 1.54) is 0 Å². The molecule has 0 amide bonds. The number of benzene rings is 1. The molecule has 3 aliphatic rings. The summed E-state index contributed by atoms with van der Waals surface area (Å²) in [6.07, 6.45) is 6.85. The molecule has 0 radical (unpaired) electrons. The van der Waals surface area contributed by atoms with Crippen LogP contribution in [0.2, 0.25) is 0 Å². The van der Waals surface area contributed by atoms with E-state index in [0.29, 0.717) is 30.7 Å². The highest BCUT2D eigenvalue weighted by atomic mass is 16.6. The van der Waals surface area contributed by atoms with Crippen LogP contribution in [0.4, 0.5) is 0 Å². The van der Waals surface area contributed by atoms with E-state index in [0.717, 1.165) is 18.4 Å². The zero-order valence-corrected chi connectivity index (χ0v) is 11.3. The molecule has 2 aliphatic carbocycles. The normalized spacial score (nSPS) is 37.1. The Labute approximate surface area is 118 Å². The predicted octanol–water partition coefficient (Wildman–Crippen LogP) is 2.67. The molecular formula is C17H18O3. The molecule has 0 aromatic heterocycles. The number of carbonyl (C=O) groups is 1. The van der Waals surface area contributed by atoms with Gasteiger partial charge in [-0.15, -0.1) is 0 Å². The molecule has 5 atom stereocenters. The third-order valence-corrected chi connectivity index (χ3v) is 4.83. The lowest BCUT2D eigenvalue weighted by atomic mass is 9.89. The predicted molar refractivity (Wildman–Crippen MR) is 74.8 cm³/mol. The molecule has 1 aromatic rings. The van der Waals surface area contributed by atoms with Crippen LogP contribution in [0, 0.1) is 17.8 Å². The quantitative estimate of drug-likeness (QED) is 0.623. The lowest BCUT2D eigenvalue weighted by molar-refractivity contribution is -0.148. The van der Waals surface area contributed by atoms with Gasteiger partial charge in [0, 0.05) is 5.92 Å². The SMILES string of the molecule is O=C(OC/C=C/c1ccccc1)C1CC2CC1C1OC21. The molecule has 1 aliphatic heterocycles. The molecular weight excluding hydrogens is 252 g/mol. The molecule has 4 rings (SSSR count). The molecule has 5 unspecified atom stereocenters. The topological polar surface area (TPSA) is 38.8 Å². The first-order valence-corrected chi connectivity index (χ1v) is 7.36. The van der Waals surface area contributed by atoms with Gasteiger partial charge in [0.1, 0.15) is 6.61 Å². The first-order valence-electron chi connectivity index (χ1n) is 7.36. The number of epoxide rings is 1. The molecule has 1 heterocycles. The van der Waals surface area contributed by atoms with E-state index in [9.17, 15) is 4.79 Å². The standard InChI is InChI=1S/C17H18O3/c18-17(14-10-12-9-13(14)16-15(12)20-16)19-8-4-7-11-5-2-1-3-6-11/h1-7,12-16H,8-10H2/b7-4+. The number of hydrogen-bond acceptors (Lipinski definition) is 3. The van der Waals surface area contributed by atoms with Crippen molar-refractivity contribution in [3.8, 4) is 0 Å². The fourth-order valence-corrected chi connectivity index (χ4v) is 3.86. The van der Waals surface area contributed by atoms with Gasteiger partial charge in [-0.25, -0.2) is 0 Å². The number of esters is 1. The van der Waals surface area contributed by atoms with E-state index in [-0.39, 0.29) is 11.9 Å². The largest absolute Gasteiger partial charge is 0.461 e. The molecule has 104 valence electrons.